The second kappa shape index (κ2) is 4.97. The zero-order chi connectivity index (χ0) is 8.85. The fraction of sp³-hybridized carbons (Fsp3) is 0.600. The molecule has 1 amide bonds. The van der Waals surface area contributed by atoms with Crippen molar-refractivity contribution in [2.24, 2.45) is 5.73 Å². The van der Waals surface area contributed by atoms with Crippen molar-refractivity contribution in [1.29, 1.82) is 0 Å². The van der Waals surface area contributed by atoms with Crippen molar-refractivity contribution in [3.8, 4) is 0 Å². The van der Waals surface area contributed by atoms with Crippen LogP contribution in [-0.2, 0) is 4.79 Å². The molecule has 0 aromatic carbocycles. The topological polar surface area (TPSA) is 92.4 Å². The molecule has 0 aromatic rings. The van der Waals surface area contributed by atoms with Crippen molar-refractivity contribution >= 4 is 23.0 Å². The van der Waals surface area contributed by atoms with Gasteiger partial charge in [0.2, 0.25) is 0 Å². The van der Waals surface area contributed by atoms with Crippen LogP contribution in [0.15, 0.2) is 0 Å². The molecule has 5 nitrogen and oxygen atoms in total. The Balaban J connectivity index is 3.70. The van der Waals surface area contributed by atoms with Crippen molar-refractivity contribution in [3.05, 3.63) is 0 Å². The first-order chi connectivity index (χ1) is 5.07. The van der Waals surface area contributed by atoms with Crippen LogP contribution in [0.1, 0.15) is 0 Å². The van der Waals surface area contributed by atoms with E-state index in [0.29, 0.717) is 0 Å². The average molecular weight is 178 g/mol. The largest absolute Gasteiger partial charge is 0.480 e. The second-order valence-corrected chi connectivity index (χ2v) is 2.83. The number of carbonyl (C=O) groups is 2. The molecule has 4 N–H and O–H groups in total. The number of nitrogens with two attached hydrogens (primary N) is 1. The molecule has 0 bridgehead atoms. The van der Waals surface area contributed by atoms with Crippen molar-refractivity contribution in [3.63, 3.8) is 0 Å². The molecule has 0 aliphatic heterocycles. The lowest BCUT2D eigenvalue weighted by Gasteiger charge is -2.07. The molecule has 64 valence electrons. The van der Waals surface area contributed by atoms with Gasteiger partial charge in [0.05, 0.1) is 0 Å². The lowest BCUT2D eigenvalue weighted by molar-refractivity contribution is -0.138. The van der Waals surface area contributed by atoms with E-state index < -0.39 is 17.3 Å². The highest BCUT2D eigenvalue weighted by atomic mass is 32.2. The first-order valence-electron chi connectivity index (χ1n) is 2.90. The molecule has 0 heterocycles. The van der Waals surface area contributed by atoms with E-state index in [4.69, 9.17) is 10.8 Å². The van der Waals surface area contributed by atoms with Crippen LogP contribution in [0.5, 0.6) is 0 Å². The SMILES string of the molecule is CNC(CSC(N)=O)C(=O)O. The fourth-order valence-corrected chi connectivity index (χ4v) is 1.08. The Bertz CT molecular complexity index is 162. The summed E-state index contributed by atoms with van der Waals surface area (Å²) in [5, 5.41) is 10.4. The van der Waals surface area contributed by atoms with E-state index in [1.54, 1.807) is 0 Å². The molecule has 0 fully saturated rings. The quantitative estimate of drug-likeness (QED) is 0.538. The Labute approximate surface area is 68.3 Å². The third-order valence-electron chi connectivity index (χ3n) is 1.04. The summed E-state index contributed by atoms with van der Waals surface area (Å²) in [5.74, 6) is -0.831. The second-order valence-electron chi connectivity index (χ2n) is 1.81. The van der Waals surface area contributed by atoms with E-state index >= 15 is 0 Å². The van der Waals surface area contributed by atoms with Gasteiger partial charge in [0, 0.05) is 5.75 Å². The molecule has 1 atom stereocenters. The number of nitrogens with one attached hydrogen (secondary N) is 1. The van der Waals surface area contributed by atoms with Crippen LogP contribution < -0.4 is 11.1 Å². The number of thioether (sulfide) groups is 1. The lowest BCUT2D eigenvalue weighted by Crippen LogP contribution is -2.36. The zero-order valence-corrected chi connectivity index (χ0v) is 6.85. The number of rotatable bonds is 4. The highest BCUT2D eigenvalue weighted by molar-refractivity contribution is 8.13. The average Bonchev–Trinajstić information content (AvgIpc) is 1.87. The van der Waals surface area contributed by atoms with E-state index in [0.717, 1.165) is 11.8 Å². The van der Waals surface area contributed by atoms with E-state index in [1.807, 2.05) is 0 Å². The first kappa shape index (κ1) is 10.2. The Morgan fingerprint density at radius 2 is 2.27 bits per heavy atom. The van der Waals surface area contributed by atoms with Gasteiger partial charge in [-0.3, -0.25) is 9.59 Å². The highest BCUT2D eigenvalue weighted by Crippen LogP contribution is 2.01. The van der Waals surface area contributed by atoms with E-state index in [2.05, 4.69) is 5.32 Å². The van der Waals surface area contributed by atoms with Crippen LogP contribution in [0, 0.1) is 0 Å². The number of primary amides is 1. The predicted octanol–water partition coefficient (Wildman–Crippen LogP) is -0.529. The number of aliphatic carboxylic acids is 1. The van der Waals surface area contributed by atoms with Gasteiger partial charge < -0.3 is 16.2 Å². The Hall–Kier alpha value is -0.750. The Morgan fingerprint density at radius 1 is 1.73 bits per heavy atom. The van der Waals surface area contributed by atoms with Crippen molar-refractivity contribution in [1.82, 2.24) is 5.32 Å². The van der Waals surface area contributed by atoms with Gasteiger partial charge in [0.15, 0.2) is 0 Å². The Morgan fingerprint density at radius 3 is 2.55 bits per heavy atom. The van der Waals surface area contributed by atoms with Gasteiger partial charge in [-0.2, -0.15) is 0 Å². The molecule has 0 radical (unpaired) electrons. The molecular weight excluding hydrogens is 168 g/mol. The number of carbonyl (C=O) groups excluding carboxylic acids is 1. The van der Waals surface area contributed by atoms with Crippen LogP contribution in [0.25, 0.3) is 0 Å². The van der Waals surface area contributed by atoms with Crippen LogP contribution in [0.3, 0.4) is 0 Å². The van der Waals surface area contributed by atoms with Gasteiger partial charge in [0.1, 0.15) is 6.04 Å². The van der Waals surface area contributed by atoms with Gasteiger partial charge in [-0.05, 0) is 7.05 Å². The summed E-state index contributed by atoms with van der Waals surface area (Å²) in [6.45, 7) is 0. The number of amides is 1. The van der Waals surface area contributed by atoms with Crippen molar-refractivity contribution < 1.29 is 14.7 Å². The van der Waals surface area contributed by atoms with Crippen LogP contribution in [0.2, 0.25) is 0 Å². The molecule has 0 aromatic heterocycles. The summed E-state index contributed by atoms with van der Waals surface area (Å²) in [6, 6.07) is -0.715. The van der Waals surface area contributed by atoms with Gasteiger partial charge in [-0.25, -0.2) is 0 Å². The number of likely N-dealkylation sites (N-methyl/N-ethyl adjacent to an activating group) is 1. The highest BCUT2D eigenvalue weighted by Gasteiger charge is 2.15. The van der Waals surface area contributed by atoms with E-state index in [1.165, 1.54) is 7.05 Å². The summed E-state index contributed by atoms with van der Waals surface area (Å²) in [5.41, 5.74) is 4.80. The van der Waals surface area contributed by atoms with Crippen molar-refractivity contribution in [2.45, 2.75) is 6.04 Å². The first-order valence-corrected chi connectivity index (χ1v) is 3.88. The standard InChI is InChI=1S/C5H10N2O3S/c1-7-3(4(8)9)2-11-5(6)10/h3,7H,2H2,1H3,(H2,6,10)(H,8,9). The normalized spacial score (nSPS) is 12.5. The van der Waals surface area contributed by atoms with E-state index in [-0.39, 0.29) is 5.75 Å². The molecule has 1 unspecified atom stereocenters. The molecule has 0 aliphatic rings. The molecule has 0 saturated heterocycles. The minimum absolute atomic E-state index is 0.154. The lowest BCUT2D eigenvalue weighted by atomic mass is 10.3. The monoisotopic (exact) mass is 178 g/mol. The Kier molecular flexibility index (Phi) is 4.64. The zero-order valence-electron chi connectivity index (χ0n) is 6.03. The smallest absolute Gasteiger partial charge is 0.321 e. The summed E-state index contributed by atoms with van der Waals surface area (Å²) in [4.78, 5) is 20.5. The predicted molar refractivity (Wildman–Crippen MR) is 42.5 cm³/mol. The van der Waals surface area contributed by atoms with Gasteiger partial charge in [0.25, 0.3) is 5.24 Å². The fourth-order valence-electron chi connectivity index (χ4n) is 0.444. The number of carboxylic acids is 1. The van der Waals surface area contributed by atoms with Crippen LogP contribution >= 0.6 is 11.8 Å². The van der Waals surface area contributed by atoms with Gasteiger partial charge in [-0.1, -0.05) is 11.8 Å². The van der Waals surface area contributed by atoms with Gasteiger partial charge in [-0.15, -0.1) is 0 Å². The van der Waals surface area contributed by atoms with Crippen LogP contribution in [0.4, 0.5) is 4.79 Å². The minimum atomic E-state index is -0.985. The number of carboxylic acid groups (broad SMARTS) is 1. The maximum Gasteiger partial charge on any atom is 0.321 e. The summed E-state index contributed by atoms with van der Waals surface area (Å²) >= 11 is 0.788. The maximum atomic E-state index is 10.3. The molecule has 0 saturated carbocycles. The van der Waals surface area contributed by atoms with Crippen molar-refractivity contribution in [2.75, 3.05) is 12.8 Å². The molecular formula is C5H10N2O3S. The molecule has 0 aliphatic carbocycles. The third kappa shape index (κ3) is 4.63. The molecule has 11 heavy (non-hydrogen) atoms. The molecule has 0 spiro atoms. The number of hydrogen-bond acceptors (Lipinski definition) is 4. The summed E-state index contributed by atoms with van der Waals surface area (Å²) in [6.07, 6.45) is 0. The molecule has 0 rings (SSSR count). The third-order valence-corrected chi connectivity index (χ3v) is 1.82. The molecule has 6 heteroatoms. The van der Waals surface area contributed by atoms with Gasteiger partial charge >= 0.3 is 5.97 Å². The van der Waals surface area contributed by atoms with E-state index in [9.17, 15) is 9.59 Å². The number of hydrogen-bond donors (Lipinski definition) is 3. The summed E-state index contributed by atoms with van der Waals surface area (Å²) in [7, 11) is 1.51. The minimum Gasteiger partial charge on any atom is -0.480 e. The maximum absolute atomic E-state index is 10.3. The van der Waals surface area contributed by atoms with Crippen LogP contribution in [-0.4, -0.2) is 35.2 Å². The summed E-state index contributed by atoms with van der Waals surface area (Å²) < 4.78 is 0.